The van der Waals surface area contributed by atoms with Gasteiger partial charge in [0.25, 0.3) is 5.56 Å². The number of hydrogen-bond donors (Lipinski definition) is 9. The summed E-state index contributed by atoms with van der Waals surface area (Å²) in [6, 6.07) is 11.0. The van der Waals surface area contributed by atoms with Gasteiger partial charge >= 0.3 is 5.97 Å². The second kappa shape index (κ2) is 19.9. The number of carbonyl (C=O) groups is 4. The zero-order valence-corrected chi connectivity index (χ0v) is 30.0. The maximum absolute atomic E-state index is 13.9. The summed E-state index contributed by atoms with van der Waals surface area (Å²) in [5.41, 5.74) is 15.4. The molecule has 0 aliphatic carbocycles. The Kier molecular flexibility index (Phi) is 15.1. The van der Waals surface area contributed by atoms with Crippen molar-refractivity contribution in [3.63, 3.8) is 0 Å². The number of aryl methyl sites for hydroxylation is 3. The number of aromatic nitrogens is 3. The van der Waals surface area contributed by atoms with Crippen LogP contribution in [0.25, 0.3) is 10.9 Å². The molecule has 3 amide bonds. The summed E-state index contributed by atoms with van der Waals surface area (Å²) in [7, 11) is 0. The lowest BCUT2D eigenvalue weighted by Gasteiger charge is -2.24. The van der Waals surface area contributed by atoms with Crippen molar-refractivity contribution in [3.05, 3.63) is 93.3 Å². The van der Waals surface area contributed by atoms with Crippen molar-refractivity contribution >= 4 is 34.6 Å². The van der Waals surface area contributed by atoms with Gasteiger partial charge in [-0.2, -0.15) is 0 Å². The van der Waals surface area contributed by atoms with Crippen LogP contribution in [0.2, 0.25) is 0 Å². The molecule has 3 atom stereocenters. The summed E-state index contributed by atoms with van der Waals surface area (Å²) in [4.78, 5) is 74.4. The molecule has 0 bridgehead atoms. The molecule has 2 aromatic heterocycles. The number of para-hydroxylation sites is 1. The third-order valence-electron chi connectivity index (χ3n) is 9.03. The van der Waals surface area contributed by atoms with Gasteiger partial charge in [-0.1, -0.05) is 30.3 Å². The standard InChI is InChI=1S/C38H50N8O7/c1-23-29(16-17-34(48)49)44-37(52)32(43-23)11-5-7-19-41-36(51)31(10-4-6-18-39)45-38(53)33(21-25-22-42-30-9-3-2-8-27(25)30)46-35(50)28(40)20-24-12-14-26(47)15-13-24/h2-3,8-9,12-15,22,28,31,33,42,47H,4-7,10-11,16-21,39-40H2,1H3,(H,41,51)(H,44,52)(H,45,53)(H,46,50)(H,48,49)/t28-,31-,33+/m0/s1. The topological polar surface area (TPSA) is 258 Å². The van der Waals surface area contributed by atoms with Crippen molar-refractivity contribution in [1.82, 2.24) is 30.9 Å². The summed E-state index contributed by atoms with van der Waals surface area (Å²) in [5.74, 6) is -2.33. The highest BCUT2D eigenvalue weighted by molar-refractivity contribution is 5.94. The Morgan fingerprint density at radius 3 is 2.36 bits per heavy atom. The number of aromatic hydroxyl groups is 1. The smallest absolute Gasteiger partial charge is 0.303 e. The minimum absolute atomic E-state index is 0.0921. The Hall–Kier alpha value is -5.54. The zero-order chi connectivity index (χ0) is 38.3. The van der Waals surface area contributed by atoms with Gasteiger partial charge in [0.05, 0.1) is 18.2 Å². The van der Waals surface area contributed by atoms with Crippen LogP contribution in [0.5, 0.6) is 5.75 Å². The Bertz CT molecular complexity index is 1910. The van der Waals surface area contributed by atoms with Crippen LogP contribution >= 0.6 is 0 Å². The Morgan fingerprint density at radius 2 is 1.62 bits per heavy atom. The molecule has 0 radical (unpaired) electrons. The van der Waals surface area contributed by atoms with Crippen LogP contribution in [0.15, 0.2) is 59.5 Å². The fourth-order valence-electron chi connectivity index (χ4n) is 6.04. The second-order valence-electron chi connectivity index (χ2n) is 13.2. The van der Waals surface area contributed by atoms with Crippen molar-refractivity contribution in [2.75, 3.05) is 13.1 Å². The maximum atomic E-state index is 13.9. The molecule has 0 unspecified atom stereocenters. The average molecular weight is 731 g/mol. The van der Waals surface area contributed by atoms with Crippen LogP contribution < -0.4 is 33.0 Å². The fraction of sp³-hybridized carbons (Fsp3) is 0.421. The molecule has 11 N–H and O–H groups in total. The van der Waals surface area contributed by atoms with E-state index in [1.54, 1.807) is 25.3 Å². The minimum Gasteiger partial charge on any atom is -0.508 e. The molecule has 15 nitrogen and oxygen atoms in total. The average Bonchev–Trinajstić information content (AvgIpc) is 3.54. The molecule has 0 spiro atoms. The van der Waals surface area contributed by atoms with Crippen LogP contribution in [-0.2, 0) is 44.9 Å². The highest BCUT2D eigenvalue weighted by Crippen LogP contribution is 2.20. The number of carboxylic acid groups (broad SMARTS) is 1. The third kappa shape index (κ3) is 12.3. The number of phenolic OH excluding ortho intramolecular Hbond substituents is 1. The summed E-state index contributed by atoms with van der Waals surface area (Å²) in [6.07, 6.45) is 5.20. The van der Waals surface area contributed by atoms with E-state index in [0.29, 0.717) is 62.2 Å². The van der Waals surface area contributed by atoms with Gasteiger partial charge in [-0.3, -0.25) is 29.0 Å². The molecule has 0 saturated heterocycles. The number of carboxylic acids is 1. The van der Waals surface area contributed by atoms with Crippen LogP contribution in [-0.4, -0.2) is 80.1 Å². The Balaban J connectivity index is 1.40. The number of H-pyrrole nitrogens is 2. The number of amides is 3. The first-order valence-corrected chi connectivity index (χ1v) is 17.9. The molecule has 2 heterocycles. The van der Waals surface area contributed by atoms with Gasteiger partial charge in [-0.05, 0) is 94.2 Å². The highest BCUT2D eigenvalue weighted by Gasteiger charge is 2.29. The van der Waals surface area contributed by atoms with Gasteiger partial charge in [0.1, 0.15) is 23.5 Å². The number of rotatable bonds is 21. The van der Waals surface area contributed by atoms with E-state index in [1.807, 2.05) is 24.3 Å². The summed E-state index contributed by atoms with van der Waals surface area (Å²) in [5, 5.41) is 28.0. The van der Waals surface area contributed by atoms with Crippen molar-refractivity contribution in [3.8, 4) is 5.75 Å². The van der Waals surface area contributed by atoms with E-state index in [1.165, 1.54) is 12.1 Å². The first-order valence-electron chi connectivity index (χ1n) is 17.9. The maximum Gasteiger partial charge on any atom is 0.303 e. The van der Waals surface area contributed by atoms with E-state index in [-0.39, 0.29) is 49.4 Å². The van der Waals surface area contributed by atoms with Crippen molar-refractivity contribution < 1.29 is 29.4 Å². The lowest BCUT2D eigenvalue weighted by Crippen LogP contribution is -2.56. The molecule has 2 aromatic carbocycles. The Labute approximate surface area is 307 Å². The molecule has 0 fully saturated rings. The number of carbonyl (C=O) groups excluding carboxylic acids is 3. The van der Waals surface area contributed by atoms with E-state index >= 15 is 0 Å². The number of nitrogens with one attached hydrogen (secondary N) is 5. The lowest BCUT2D eigenvalue weighted by atomic mass is 10.0. The number of nitrogens with zero attached hydrogens (tertiary/aromatic N) is 1. The van der Waals surface area contributed by atoms with Gasteiger partial charge in [0.15, 0.2) is 0 Å². The second-order valence-corrected chi connectivity index (χ2v) is 13.2. The van der Waals surface area contributed by atoms with E-state index in [9.17, 15) is 29.1 Å². The first-order chi connectivity index (χ1) is 25.4. The monoisotopic (exact) mass is 730 g/mol. The normalized spacial score (nSPS) is 12.9. The first kappa shape index (κ1) is 40.2. The van der Waals surface area contributed by atoms with Gasteiger partial charge in [0.2, 0.25) is 17.7 Å². The molecular formula is C38H50N8O7. The van der Waals surface area contributed by atoms with E-state index < -0.39 is 35.9 Å². The zero-order valence-electron chi connectivity index (χ0n) is 30.0. The van der Waals surface area contributed by atoms with Gasteiger partial charge in [0, 0.05) is 35.8 Å². The lowest BCUT2D eigenvalue weighted by molar-refractivity contribution is -0.137. The molecule has 53 heavy (non-hydrogen) atoms. The molecule has 284 valence electrons. The number of fused-ring (bicyclic) bond motifs is 1. The number of aliphatic carboxylic acids is 1. The molecule has 0 saturated carbocycles. The number of benzene rings is 2. The van der Waals surface area contributed by atoms with Gasteiger partial charge in [-0.25, -0.2) is 0 Å². The van der Waals surface area contributed by atoms with E-state index in [2.05, 4.69) is 30.9 Å². The van der Waals surface area contributed by atoms with Crippen LogP contribution in [0.4, 0.5) is 0 Å². The van der Waals surface area contributed by atoms with Crippen molar-refractivity contribution in [2.24, 2.45) is 11.5 Å². The summed E-state index contributed by atoms with van der Waals surface area (Å²) >= 11 is 0. The van der Waals surface area contributed by atoms with Crippen LogP contribution in [0.1, 0.15) is 66.7 Å². The molecule has 15 heteroatoms. The quantitative estimate of drug-likeness (QED) is 0.0560. The highest BCUT2D eigenvalue weighted by atomic mass is 16.4. The van der Waals surface area contributed by atoms with Crippen molar-refractivity contribution in [2.45, 2.75) is 89.3 Å². The molecule has 0 aliphatic rings. The minimum atomic E-state index is -1.05. The number of phenols is 1. The summed E-state index contributed by atoms with van der Waals surface area (Å²) in [6.45, 7) is 2.43. The van der Waals surface area contributed by atoms with Crippen LogP contribution in [0.3, 0.4) is 0 Å². The summed E-state index contributed by atoms with van der Waals surface area (Å²) < 4.78 is 0. The predicted octanol–water partition coefficient (Wildman–Crippen LogP) is 1.63. The fourth-order valence-corrected chi connectivity index (χ4v) is 6.04. The molecule has 4 rings (SSSR count). The number of hydrogen-bond acceptors (Lipinski definition) is 9. The third-order valence-corrected chi connectivity index (χ3v) is 9.03. The van der Waals surface area contributed by atoms with Gasteiger partial charge in [-0.15, -0.1) is 0 Å². The van der Waals surface area contributed by atoms with Crippen LogP contribution in [0, 0.1) is 6.92 Å². The largest absolute Gasteiger partial charge is 0.508 e. The number of unbranched alkanes of at least 4 members (excludes halogenated alkanes) is 2. The SMILES string of the molecule is Cc1nc(CCCCNC(=O)[C@H](CCCCN)NC(=O)[C@@H](Cc2c[nH]c3ccccc23)NC(=O)[C@@H](N)Cc2ccc(O)cc2)c(=O)[nH]c1CCC(=O)O. The predicted molar refractivity (Wildman–Crippen MR) is 200 cm³/mol. The molecule has 0 aliphatic heterocycles. The number of nitrogens with two attached hydrogens (primary N) is 2. The molecule has 4 aromatic rings. The Morgan fingerprint density at radius 1 is 0.887 bits per heavy atom. The van der Waals surface area contributed by atoms with E-state index in [4.69, 9.17) is 16.6 Å². The number of aromatic amines is 2. The van der Waals surface area contributed by atoms with E-state index in [0.717, 1.165) is 22.0 Å². The van der Waals surface area contributed by atoms with Crippen molar-refractivity contribution in [1.29, 1.82) is 0 Å². The van der Waals surface area contributed by atoms with Gasteiger partial charge < -0.3 is 47.6 Å². The molecular weight excluding hydrogens is 680 g/mol.